The topological polar surface area (TPSA) is 64.9 Å². The van der Waals surface area contributed by atoms with Crippen molar-refractivity contribution in [2.24, 2.45) is 0 Å². The molecule has 2 atom stereocenters. The summed E-state index contributed by atoms with van der Waals surface area (Å²) in [5.41, 5.74) is 1.51. The molecule has 1 aromatic carbocycles. The van der Waals surface area contributed by atoms with Crippen molar-refractivity contribution in [3.05, 3.63) is 48.0 Å². The molecule has 2 amide bonds. The Morgan fingerprint density at radius 1 is 1.50 bits per heavy atom. The molecule has 20 heavy (non-hydrogen) atoms. The third-order valence-corrected chi connectivity index (χ3v) is 3.14. The molecule has 0 spiro atoms. The maximum absolute atomic E-state index is 11.9. The number of nitriles is 1. The smallest absolute Gasteiger partial charge is 0.315 e. The van der Waals surface area contributed by atoms with Gasteiger partial charge in [0, 0.05) is 6.04 Å². The van der Waals surface area contributed by atoms with Crippen molar-refractivity contribution < 1.29 is 4.79 Å². The number of carbonyl (C=O) groups is 1. The van der Waals surface area contributed by atoms with Crippen LogP contribution in [0.4, 0.5) is 4.79 Å². The first-order valence-electron chi connectivity index (χ1n) is 6.78. The van der Waals surface area contributed by atoms with Crippen LogP contribution in [0.3, 0.4) is 0 Å². The minimum atomic E-state index is -0.200. The van der Waals surface area contributed by atoms with Gasteiger partial charge in [-0.2, -0.15) is 5.26 Å². The van der Waals surface area contributed by atoms with Gasteiger partial charge in [-0.05, 0) is 37.5 Å². The van der Waals surface area contributed by atoms with E-state index < -0.39 is 0 Å². The van der Waals surface area contributed by atoms with Crippen LogP contribution >= 0.6 is 0 Å². The summed E-state index contributed by atoms with van der Waals surface area (Å²) in [5.74, 6) is 0. The third kappa shape index (κ3) is 4.77. The fourth-order valence-electron chi connectivity index (χ4n) is 1.91. The highest BCUT2D eigenvalue weighted by Gasteiger charge is 2.12. The van der Waals surface area contributed by atoms with Gasteiger partial charge in [0.25, 0.3) is 0 Å². The molecule has 106 valence electrons. The summed E-state index contributed by atoms with van der Waals surface area (Å²) in [6.45, 7) is 7.60. The van der Waals surface area contributed by atoms with E-state index in [2.05, 4.69) is 23.3 Å². The van der Waals surface area contributed by atoms with Gasteiger partial charge >= 0.3 is 6.03 Å². The fraction of sp³-hybridized carbons (Fsp3) is 0.375. The van der Waals surface area contributed by atoms with Crippen molar-refractivity contribution in [1.82, 2.24) is 10.6 Å². The van der Waals surface area contributed by atoms with E-state index in [1.807, 2.05) is 26.0 Å². The molecule has 0 aliphatic carbocycles. The van der Waals surface area contributed by atoms with Gasteiger partial charge in [0.1, 0.15) is 0 Å². The zero-order valence-electron chi connectivity index (χ0n) is 12.0. The second-order valence-corrected chi connectivity index (χ2v) is 4.71. The second kappa shape index (κ2) is 8.00. The Hall–Kier alpha value is -2.28. The molecular formula is C16H21N3O. The predicted octanol–water partition coefficient (Wildman–Crippen LogP) is 3.27. The number of urea groups is 1. The normalized spacial score (nSPS) is 12.8. The van der Waals surface area contributed by atoms with E-state index in [0.717, 1.165) is 18.4 Å². The number of hydrogen-bond donors (Lipinski definition) is 2. The average molecular weight is 271 g/mol. The molecule has 1 aromatic rings. The lowest BCUT2D eigenvalue weighted by Crippen LogP contribution is -2.42. The zero-order chi connectivity index (χ0) is 15.0. The molecule has 0 unspecified atom stereocenters. The third-order valence-electron chi connectivity index (χ3n) is 3.14. The zero-order valence-corrected chi connectivity index (χ0v) is 12.0. The molecule has 4 heteroatoms. The first-order valence-corrected chi connectivity index (χ1v) is 6.78. The van der Waals surface area contributed by atoms with Crippen LogP contribution in [0.1, 0.15) is 43.9 Å². The highest BCUT2D eigenvalue weighted by atomic mass is 16.2. The largest absolute Gasteiger partial charge is 0.335 e. The summed E-state index contributed by atoms with van der Waals surface area (Å²) in [6, 6.07) is 9.09. The van der Waals surface area contributed by atoms with Gasteiger partial charge in [-0.1, -0.05) is 25.1 Å². The minimum Gasteiger partial charge on any atom is -0.335 e. The lowest BCUT2D eigenvalue weighted by Gasteiger charge is -2.19. The van der Waals surface area contributed by atoms with E-state index in [1.165, 1.54) is 0 Å². The predicted molar refractivity (Wildman–Crippen MR) is 80.1 cm³/mol. The van der Waals surface area contributed by atoms with Crippen LogP contribution in [-0.2, 0) is 0 Å². The Kier molecular flexibility index (Phi) is 6.31. The van der Waals surface area contributed by atoms with Crippen molar-refractivity contribution >= 4 is 6.03 Å². The number of benzene rings is 1. The van der Waals surface area contributed by atoms with E-state index in [0.29, 0.717) is 5.56 Å². The lowest BCUT2D eigenvalue weighted by atomic mass is 10.1. The van der Waals surface area contributed by atoms with Crippen LogP contribution in [-0.4, -0.2) is 12.1 Å². The Balaban J connectivity index is 2.60. The first kappa shape index (κ1) is 15.8. The number of hydrogen-bond acceptors (Lipinski definition) is 2. The van der Waals surface area contributed by atoms with Crippen LogP contribution in [0.15, 0.2) is 36.9 Å². The SMILES string of the molecule is C=CC[C@@H](CC)NC(=O)N[C@@H](C)c1cccc(C#N)c1. The molecule has 0 fully saturated rings. The number of nitrogens with one attached hydrogen (secondary N) is 2. The molecule has 0 saturated carbocycles. The van der Waals surface area contributed by atoms with E-state index in [9.17, 15) is 4.79 Å². The van der Waals surface area contributed by atoms with Crippen LogP contribution in [0.5, 0.6) is 0 Å². The molecule has 2 N–H and O–H groups in total. The highest BCUT2D eigenvalue weighted by molar-refractivity contribution is 5.74. The van der Waals surface area contributed by atoms with E-state index in [1.54, 1.807) is 18.2 Å². The number of carbonyl (C=O) groups excluding carboxylic acids is 1. The maximum atomic E-state index is 11.9. The van der Waals surface area contributed by atoms with Crippen molar-refractivity contribution in [3.8, 4) is 6.07 Å². The highest BCUT2D eigenvalue weighted by Crippen LogP contribution is 2.13. The number of amides is 2. The molecule has 0 aromatic heterocycles. The van der Waals surface area contributed by atoms with Crippen molar-refractivity contribution in [3.63, 3.8) is 0 Å². The van der Waals surface area contributed by atoms with Gasteiger partial charge in [-0.15, -0.1) is 6.58 Å². The van der Waals surface area contributed by atoms with Gasteiger partial charge in [0.15, 0.2) is 0 Å². The quantitative estimate of drug-likeness (QED) is 0.780. The second-order valence-electron chi connectivity index (χ2n) is 4.71. The molecule has 0 radical (unpaired) electrons. The molecule has 0 bridgehead atoms. The molecule has 0 saturated heterocycles. The summed E-state index contributed by atoms with van der Waals surface area (Å²) in [6.07, 6.45) is 3.41. The number of rotatable bonds is 6. The summed E-state index contributed by atoms with van der Waals surface area (Å²) < 4.78 is 0. The van der Waals surface area contributed by atoms with Gasteiger partial charge in [0.2, 0.25) is 0 Å². The van der Waals surface area contributed by atoms with E-state index >= 15 is 0 Å². The summed E-state index contributed by atoms with van der Waals surface area (Å²) in [4.78, 5) is 11.9. The van der Waals surface area contributed by atoms with Crippen LogP contribution < -0.4 is 10.6 Å². The van der Waals surface area contributed by atoms with Crippen molar-refractivity contribution in [1.29, 1.82) is 5.26 Å². The first-order chi connectivity index (χ1) is 9.60. The van der Waals surface area contributed by atoms with Crippen molar-refractivity contribution in [2.75, 3.05) is 0 Å². The van der Waals surface area contributed by atoms with Gasteiger partial charge in [0.05, 0.1) is 17.7 Å². The van der Waals surface area contributed by atoms with Gasteiger partial charge in [-0.25, -0.2) is 4.79 Å². The number of nitrogens with zero attached hydrogens (tertiary/aromatic N) is 1. The standard InChI is InChI=1S/C16H21N3O/c1-4-7-15(5-2)19-16(20)18-12(3)14-9-6-8-13(10-14)11-17/h4,6,8-10,12,15H,1,5,7H2,2-3H3,(H2,18,19,20)/t12-,15+/m0/s1. The Morgan fingerprint density at radius 2 is 2.25 bits per heavy atom. The monoisotopic (exact) mass is 271 g/mol. The molecule has 0 heterocycles. The Labute approximate surface area is 120 Å². The maximum Gasteiger partial charge on any atom is 0.315 e. The van der Waals surface area contributed by atoms with E-state index in [4.69, 9.17) is 5.26 Å². The molecule has 0 aliphatic heterocycles. The van der Waals surface area contributed by atoms with Crippen LogP contribution in [0.25, 0.3) is 0 Å². The molecular weight excluding hydrogens is 250 g/mol. The van der Waals surface area contributed by atoms with E-state index in [-0.39, 0.29) is 18.1 Å². The van der Waals surface area contributed by atoms with Crippen molar-refractivity contribution in [2.45, 2.75) is 38.8 Å². The molecule has 0 aliphatic rings. The molecule has 4 nitrogen and oxygen atoms in total. The summed E-state index contributed by atoms with van der Waals surface area (Å²) in [5, 5.41) is 14.7. The van der Waals surface area contributed by atoms with Gasteiger partial charge < -0.3 is 10.6 Å². The van der Waals surface area contributed by atoms with Crippen LogP contribution in [0, 0.1) is 11.3 Å². The fourth-order valence-corrected chi connectivity index (χ4v) is 1.91. The lowest BCUT2D eigenvalue weighted by molar-refractivity contribution is 0.233. The van der Waals surface area contributed by atoms with Crippen LogP contribution in [0.2, 0.25) is 0 Å². The molecule has 1 rings (SSSR count). The van der Waals surface area contributed by atoms with Gasteiger partial charge in [-0.3, -0.25) is 0 Å². The minimum absolute atomic E-state index is 0.102. The Morgan fingerprint density at radius 3 is 2.85 bits per heavy atom. The average Bonchev–Trinajstić information content (AvgIpc) is 2.46. The Bertz CT molecular complexity index is 505. The summed E-state index contributed by atoms with van der Waals surface area (Å²) in [7, 11) is 0. The summed E-state index contributed by atoms with van der Waals surface area (Å²) >= 11 is 0.